The van der Waals surface area contributed by atoms with Crippen LogP contribution in [0, 0.1) is 0 Å². The first-order chi connectivity index (χ1) is 8.93. The Bertz CT molecular complexity index is 564. The van der Waals surface area contributed by atoms with Crippen molar-refractivity contribution in [3.8, 4) is 0 Å². The quantitative estimate of drug-likeness (QED) is 0.601. The number of aliphatic hydroxyl groups excluding tert-OH is 2. The van der Waals surface area contributed by atoms with E-state index in [1.54, 1.807) is 19.0 Å². The van der Waals surface area contributed by atoms with Crippen molar-refractivity contribution in [3.05, 3.63) is 27.0 Å². The fraction of sp³-hybridized carbons (Fsp3) is 0.636. The van der Waals surface area contributed by atoms with Crippen LogP contribution in [0.4, 0.5) is 5.69 Å². The summed E-state index contributed by atoms with van der Waals surface area (Å²) in [6.07, 6.45) is -0.680. The molecule has 8 heteroatoms. The van der Waals surface area contributed by atoms with Crippen molar-refractivity contribution in [3.63, 3.8) is 0 Å². The molecule has 3 N–H and O–H groups in total. The third kappa shape index (κ3) is 2.55. The second-order valence-electron chi connectivity index (χ2n) is 4.69. The van der Waals surface area contributed by atoms with Crippen molar-refractivity contribution in [2.24, 2.45) is 0 Å². The summed E-state index contributed by atoms with van der Waals surface area (Å²) < 4.78 is 6.60. The Morgan fingerprint density at radius 2 is 2.21 bits per heavy atom. The predicted molar refractivity (Wildman–Crippen MR) is 67.3 cm³/mol. The van der Waals surface area contributed by atoms with Crippen LogP contribution in [-0.2, 0) is 4.74 Å². The van der Waals surface area contributed by atoms with E-state index in [1.165, 1.54) is 10.8 Å². The highest BCUT2D eigenvalue weighted by Gasteiger charge is 2.35. The summed E-state index contributed by atoms with van der Waals surface area (Å²) in [5.74, 6) is 0. The number of hydrogen-bond acceptors (Lipinski definition) is 6. The zero-order valence-corrected chi connectivity index (χ0v) is 10.7. The van der Waals surface area contributed by atoms with Gasteiger partial charge in [0.05, 0.1) is 12.7 Å². The smallest absolute Gasteiger partial charge is 0.330 e. The molecule has 1 aliphatic heterocycles. The first kappa shape index (κ1) is 13.8. The molecule has 0 saturated carbocycles. The Morgan fingerprint density at radius 1 is 1.53 bits per heavy atom. The molecule has 0 bridgehead atoms. The SMILES string of the molecule is CN(C)c1cn([C@@H]2C[C@@H](O)[C@H](CO)O2)c(=O)[nH]c1=O. The number of aliphatic hydroxyl groups is 2. The molecule has 1 saturated heterocycles. The highest BCUT2D eigenvalue weighted by Crippen LogP contribution is 2.27. The molecule has 1 fully saturated rings. The van der Waals surface area contributed by atoms with Crippen LogP contribution in [0.3, 0.4) is 0 Å². The van der Waals surface area contributed by atoms with Gasteiger partial charge in [-0.2, -0.15) is 0 Å². The normalized spacial score (nSPS) is 26.6. The van der Waals surface area contributed by atoms with E-state index in [1.807, 2.05) is 0 Å². The van der Waals surface area contributed by atoms with Crippen LogP contribution < -0.4 is 16.1 Å². The third-order valence-electron chi connectivity index (χ3n) is 3.13. The summed E-state index contributed by atoms with van der Waals surface area (Å²) in [7, 11) is 3.36. The second-order valence-corrected chi connectivity index (χ2v) is 4.69. The molecule has 0 unspecified atom stereocenters. The van der Waals surface area contributed by atoms with Gasteiger partial charge in [-0.25, -0.2) is 4.79 Å². The number of anilines is 1. The van der Waals surface area contributed by atoms with E-state index < -0.39 is 29.7 Å². The van der Waals surface area contributed by atoms with Crippen molar-refractivity contribution in [1.82, 2.24) is 9.55 Å². The van der Waals surface area contributed by atoms with E-state index in [4.69, 9.17) is 9.84 Å². The number of nitrogens with zero attached hydrogens (tertiary/aromatic N) is 2. The summed E-state index contributed by atoms with van der Waals surface area (Å²) >= 11 is 0. The first-order valence-electron chi connectivity index (χ1n) is 5.91. The summed E-state index contributed by atoms with van der Waals surface area (Å²) in [5, 5.41) is 18.7. The number of rotatable bonds is 3. The van der Waals surface area contributed by atoms with Gasteiger partial charge in [0.25, 0.3) is 5.56 Å². The highest BCUT2D eigenvalue weighted by molar-refractivity contribution is 5.39. The van der Waals surface area contributed by atoms with Gasteiger partial charge in [0, 0.05) is 26.7 Å². The van der Waals surface area contributed by atoms with Gasteiger partial charge < -0.3 is 19.8 Å². The first-order valence-corrected chi connectivity index (χ1v) is 5.91. The van der Waals surface area contributed by atoms with Crippen molar-refractivity contribution in [2.75, 3.05) is 25.6 Å². The molecule has 0 amide bonds. The Morgan fingerprint density at radius 3 is 2.74 bits per heavy atom. The third-order valence-corrected chi connectivity index (χ3v) is 3.13. The Labute approximate surface area is 108 Å². The van der Waals surface area contributed by atoms with Gasteiger partial charge in [-0.3, -0.25) is 14.3 Å². The molecule has 2 rings (SSSR count). The number of hydrogen-bond donors (Lipinski definition) is 3. The van der Waals surface area contributed by atoms with E-state index in [-0.39, 0.29) is 13.0 Å². The Hall–Kier alpha value is -1.64. The molecule has 2 heterocycles. The number of H-pyrrole nitrogens is 1. The zero-order chi connectivity index (χ0) is 14.2. The molecule has 0 radical (unpaired) electrons. The lowest BCUT2D eigenvalue weighted by molar-refractivity contribution is -0.0458. The lowest BCUT2D eigenvalue weighted by Crippen LogP contribution is -2.35. The largest absolute Gasteiger partial charge is 0.394 e. The van der Waals surface area contributed by atoms with Crippen LogP contribution in [0.15, 0.2) is 15.8 Å². The summed E-state index contributed by atoms with van der Waals surface area (Å²) in [4.78, 5) is 27.1. The molecular formula is C11H17N3O5. The maximum Gasteiger partial charge on any atom is 0.330 e. The van der Waals surface area contributed by atoms with Crippen LogP contribution in [0.25, 0.3) is 0 Å². The van der Waals surface area contributed by atoms with Crippen LogP contribution >= 0.6 is 0 Å². The van der Waals surface area contributed by atoms with Gasteiger partial charge in [-0.1, -0.05) is 0 Å². The molecule has 1 aromatic heterocycles. The van der Waals surface area contributed by atoms with E-state index >= 15 is 0 Å². The minimum atomic E-state index is -0.836. The van der Waals surface area contributed by atoms with Crippen LogP contribution in [0.5, 0.6) is 0 Å². The standard InChI is InChI=1S/C11H17N3O5/c1-13(2)6-4-14(11(18)12-10(6)17)9-3-7(16)8(5-15)19-9/h4,7-9,15-16H,3,5H2,1-2H3,(H,12,17,18)/t7-,8+,9+/m1/s1. The molecule has 8 nitrogen and oxygen atoms in total. The topological polar surface area (TPSA) is 108 Å². The minimum Gasteiger partial charge on any atom is -0.394 e. The maximum atomic E-state index is 11.8. The van der Waals surface area contributed by atoms with Crippen LogP contribution in [-0.4, -0.2) is 52.7 Å². The monoisotopic (exact) mass is 271 g/mol. The molecule has 1 aliphatic rings. The van der Waals surface area contributed by atoms with Gasteiger partial charge in [0.1, 0.15) is 18.0 Å². The summed E-state index contributed by atoms with van der Waals surface area (Å²) in [6, 6.07) is 0. The Kier molecular flexibility index (Phi) is 3.74. The molecule has 0 aliphatic carbocycles. The molecule has 106 valence electrons. The number of nitrogens with one attached hydrogen (secondary N) is 1. The van der Waals surface area contributed by atoms with E-state index in [0.717, 1.165) is 0 Å². The fourth-order valence-electron chi connectivity index (χ4n) is 2.06. The summed E-state index contributed by atoms with van der Waals surface area (Å²) in [5.41, 5.74) is -0.778. The molecule has 0 aromatic carbocycles. The molecule has 1 aromatic rings. The van der Waals surface area contributed by atoms with Crippen molar-refractivity contribution in [2.45, 2.75) is 24.9 Å². The zero-order valence-electron chi connectivity index (χ0n) is 10.7. The average Bonchev–Trinajstić information content (AvgIpc) is 2.69. The highest BCUT2D eigenvalue weighted by atomic mass is 16.5. The molecular weight excluding hydrogens is 254 g/mol. The molecule has 19 heavy (non-hydrogen) atoms. The molecule has 0 spiro atoms. The van der Waals surface area contributed by atoms with Gasteiger partial charge in [0.2, 0.25) is 0 Å². The van der Waals surface area contributed by atoms with Crippen LogP contribution in [0.1, 0.15) is 12.6 Å². The van der Waals surface area contributed by atoms with E-state index in [9.17, 15) is 14.7 Å². The van der Waals surface area contributed by atoms with E-state index in [0.29, 0.717) is 5.69 Å². The number of aromatic amines is 1. The van der Waals surface area contributed by atoms with Gasteiger partial charge in [-0.05, 0) is 0 Å². The minimum absolute atomic E-state index is 0.185. The maximum absolute atomic E-state index is 11.8. The lowest BCUT2D eigenvalue weighted by Gasteiger charge is -2.17. The van der Waals surface area contributed by atoms with Crippen molar-refractivity contribution < 1.29 is 14.9 Å². The lowest BCUT2D eigenvalue weighted by atomic mass is 10.2. The van der Waals surface area contributed by atoms with Gasteiger partial charge >= 0.3 is 5.69 Å². The number of aromatic nitrogens is 2. The van der Waals surface area contributed by atoms with Gasteiger partial charge in [-0.15, -0.1) is 0 Å². The van der Waals surface area contributed by atoms with Crippen molar-refractivity contribution >= 4 is 5.69 Å². The summed E-state index contributed by atoms with van der Waals surface area (Å²) in [6.45, 7) is -0.323. The Balaban J connectivity index is 2.38. The predicted octanol–water partition coefficient (Wildman–Crippen LogP) is -1.76. The number of ether oxygens (including phenoxy) is 1. The van der Waals surface area contributed by atoms with E-state index in [2.05, 4.69) is 4.98 Å². The fourth-order valence-corrected chi connectivity index (χ4v) is 2.06. The second kappa shape index (κ2) is 5.16. The molecule has 3 atom stereocenters. The van der Waals surface area contributed by atoms with Crippen molar-refractivity contribution in [1.29, 1.82) is 0 Å². The van der Waals surface area contributed by atoms with Gasteiger partial charge in [0.15, 0.2) is 0 Å². The van der Waals surface area contributed by atoms with Crippen LogP contribution in [0.2, 0.25) is 0 Å². The average molecular weight is 271 g/mol.